The molecule has 3 aromatic rings. The van der Waals surface area contributed by atoms with Gasteiger partial charge in [0.05, 0.1) is 31.2 Å². The molecule has 1 saturated heterocycles. The van der Waals surface area contributed by atoms with Crippen LogP contribution < -0.4 is 25.7 Å². The molecule has 2 heterocycles. The Morgan fingerprint density at radius 3 is 2.28 bits per heavy atom. The van der Waals surface area contributed by atoms with E-state index in [1.807, 2.05) is 4.90 Å². The Morgan fingerprint density at radius 1 is 1.05 bits per heavy atom. The molecule has 1 aromatic heterocycles. The first-order valence-corrected chi connectivity index (χ1v) is 12.7. The van der Waals surface area contributed by atoms with E-state index in [0.29, 0.717) is 66.4 Å². The number of benzene rings is 2. The summed E-state index contributed by atoms with van der Waals surface area (Å²) in [6, 6.07) is 8.83. The van der Waals surface area contributed by atoms with Gasteiger partial charge in [-0.2, -0.15) is 23.0 Å². The maximum atomic E-state index is 14.2. The first-order valence-electron chi connectivity index (χ1n) is 12.7. The topological polar surface area (TPSA) is 99.7 Å². The zero-order chi connectivity index (χ0) is 28.1. The smallest absolute Gasteiger partial charge is 0.418 e. The van der Waals surface area contributed by atoms with Crippen LogP contribution in [0.15, 0.2) is 41.2 Å². The molecule has 11 heteroatoms. The predicted octanol–water partition coefficient (Wildman–Crippen LogP) is 3.98. The zero-order valence-corrected chi connectivity index (χ0v) is 21.8. The van der Waals surface area contributed by atoms with Crippen molar-refractivity contribution in [2.24, 2.45) is 17.6 Å². The van der Waals surface area contributed by atoms with Crippen LogP contribution in [0.5, 0.6) is 11.5 Å². The van der Waals surface area contributed by atoms with Gasteiger partial charge in [0, 0.05) is 47.8 Å². The van der Waals surface area contributed by atoms with E-state index in [9.17, 15) is 22.8 Å². The van der Waals surface area contributed by atoms with Gasteiger partial charge in [0.15, 0.2) is 0 Å². The molecule has 2 aromatic carbocycles. The van der Waals surface area contributed by atoms with Gasteiger partial charge in [0.2, 0.25) is 5.91 Å². The molecule has 0 bridgehead atoms. The largest absolute Gasteiger partial charge is 0.497 e. The number of nitrogens with zero attached hydrogens (tertiary/aromatic N) is 3. The molecule has 1 atom stereocenters. The quantitative estimate of drug-likeness (QED) is 0.485. The van der Waals surface area contributed by atoms with E-state index in [0.717, 1.165) is 16.3 Å². The highest BCUT2D eigenvalue weighted by Gasteiger charge is 2.38. The van der Waals surface area contributed by atoms with Crippen molar-refractivity contribution in [3.63, 3.8) is 0 Å². The molecule has 8 nitrogen and oxygen atoms in total. The van der Waals surface area contributed by atoms with Crippen molar-refractivity contribution in [2.75, 3.05) is 32.2 Å². The second kappa shape index (κ2) is 9.94. The number of methoxy groups -OCH3 is 2. The average Bonchev–Trinajstić information content (AvgIpc) is 3.37. The van der Waals surface area contributed by atoms with Crippen LogP contribution in [0.25, 0.3) is 16.9 Å². The highest BCUT2D eigenvalue weighted by atomic mass is 19.4. The maximum absolute atomic E-state index is 14.2. The molecule has 5 rings (SSSR count). The van der Waals surface area contributed by atoms with Gasteiger partial charge < -0.3 is 20.1 Å². The summed E-state index contributed by atoms with van der Waals surface area (Å²) < 4.78 is 54.3. The number of primary amides is 1. The van der Waals surface area contributed by atoms with Crippen LogP contribution in [0.4, 0.5) is 18.9 Å². The SMILES string of the molecule is COc1cc(OC)cc(-c2nn(-c3cc(N4CC(C(C)C(N)=O)C4)ccc3C(F)(F)F)c(=O)c3c2CCC3)c1. The molecule has 1 fully saturated rings. The number of anilines is 1. The summed E-state index contributed by atoms with van der Waals surface area (Å²) >= 11 is 0. The van der Waals surface area contributed by atoms with Crippen LogP contribution in [0, 0.1) is 11.8 Å². The lowest BCUT2D eigenvalue weighted by molar-refractivity contribution is -0.137. The Labute approximate surface area is 223 Å². The minimum Gasteiger partial charge on any atom is -0.497 e. The number of nitrogens with two attached hydrogens (primary N) is 1. The fourth-order valence-electron chi connectivity index (χ4n) is 5.32. The summed E-state index contributed by atoms with van der Waals surface area (Å²) in [5.41, 5.74) is 6.22. The standard InChI is InChI=1S/C28H29F3N4O4/c1-15(26(32)36)17-13-34(14-17)18-7-8-23(28(29,30)31)24(11-18)35-27(37)22-6-4-5-21(22)25(33-35)16-9-19(38-2)12-20(10-16)39-3/h7-12,15,17H,4-6,13-14H2,1-3H3,(H2,32,36). The molecule has 1 amide bonds. The van der Waals surface area contributed by atoms with E-state index in [1.165, 1.54) is 26.4 Å². The van der Waals surface area contributed by atoms with Crippen molar-refractivity contribution in [2.45, 2.75) is 32.4 Å². The maximum Gasteiger partial charge on any atom is 0.418 e. The number of fused-ring (bicyclic) bond motifs is 1. The van der Waals surface area contributed by atoms with Crippen LogP contribution in [0.3, 0.4) is 0 Å². The van der Waals surface area contributed by atoms with Gasteiger partial charge in [-0.05, 0) is 55.2 Å². The molecule has 1 aliphatic heterocycles. The van der Waals surface area contributed by atoms with Crippen molar-refractivity contribution >= 4 is 11.6 Å². The van der Waals surface area contributed by atoms with Crippen molar-refractivity contribution in [3.8, 4) is 28.4 Å². The van der Waals surface area contributed by atoms with Gasteiger partial charge >= 0.3 is 6.18 Å². The number of amides is 1. The lowest BCUT2D eigenvalue weighted by Crippen LogP contribution is -2.52. The van der Waals surface area contributed by atoms with Crippen LogP contribution in [0.2, 0.25) is 0 Å². The average molecular weight is 543 g/mol. The predicted molar refractivity (Wildman–Crippen MR) is 139 cm³/mol. The molecule has 0 radical (unpaired) electrons. The number of halogens is 3. The highest BCUT2D eigenvalue weighted by molar-refractivity contribution is 5.77. The molecule has 2 N–H and O–H groups in total. The summed E-state index contributed by atoms with van der Waals surface area (Å²) in [6.45, 7) is 2.68. The normalized spacial score (nSPS) is 16.0. The second-order valence-electron chi connectivity index (χ2n) is 10.0. The highest BCUT2D eigenvalue weighted by Crippen LogP contribution is 2.39. The minimum atomic E-state index is -4.72. The van der Waals surface area contributed by atoms with Gasteiger partial charge in [-0.25, -0.2) is 0 Å². The fraction of sp³-hybridized carbons (Fsp3) is 0.393. The van der Waals surface area contributed by atoms with Crippen LogP contribution in [0.1, 0.15) is 30.0 Å². The molecule has 39 heavy (non-hydrogen) atoms. The minimum absolute atomic E-state index is 0.00345. The van der Waals surface area contributed by atoms with Crippen LogP contribution in [-0.4, -0.2) is 43.0 Å². The molecular formula is C28H29F3N4O4. The zero-order valence-electron chi connectivity index (χ0n) is 21.8. The summed E-state index contributed by atoms with van der Waals surface area (Å²) in [6.07, 6.45) is -2.98. The summed E-state index contributed by atoms with van der Waals surface area (Å²) in [7, 11) is 3.01. The van der Waals surface area contributed by atoms with Crippen LogP contribution in [-0.2, 0) is 23.8 Å². The number of aromatic nitrogens is 2. The Hall–Kier alpha value is -4.02. The number of carbonyl (C=O) groups excluding carboxylic acids is 1. The van der Waals surface area contributed by atoms with Crippen molar-refractivity contribution in [3.05, 3.63) is 63.4 Å². The number of alkyl halides is 3. The number of ether oxygens (including phenoxy) is 2. The molecule has 206 valence electrons. The molecule has 1 unspecified atom stereocenters. The van der Waals surface area contributed by atoms with E-state index >= 15 is 0 Å². The van der Waals surface area contributed by atoms with Gasteiger partial charge in [0.25, 0.3) is 5.56 Å². The van der Waals surface area contributed by atoms with E-state index in [1.54, 1.807) is 25.1 Å². The fourth-order valence-corrected chi connectivity index (χ4v) is 5.32. The second-order valence-corrected chi connectivity index (χ2v) is 10.0. The van der Waals surface area contributed by atoms with Crippen molar-refractivity contribution < 1.29 is 27.4 Å². The van der Waals surface area contributed by atoms with Crippen molar-refractivity contribution in [1.29, 1.82) is 0 Å². The lowest BCUT2D eigenvalue weighted by atomic mass is 9.86. The Kier molecular flexibility index (Phi) is 6.77. The molecule has 0 spiro atoms. The Bertz CT molecular complexity index is 1470. The lowest BCUT2D eigenvalue weighted by Gasteiger charge is -2.43. The molecule has 0 saturated carbocycles. The van der Waals surface area contributed by atoms with E-state index in [4.69, 9.17) is 15.2 Å². The van der Waals surface area contributed by atoms with Gasteiger partial charge in [-0.1, -0.05) is 6.92 Å². The van der Waals surface area contributed by atoms with E-state index < -0.39 is 23.2 Å². The van der Waals surface area contributed by atoms with Gasteiger partial charge in [-0.15, -0.1) is 0 Å². The molecule has 1 aliphatic carbocycles. The van der Waals surface area contributed by atoms with Gasteiger partial charge in [0.1, 0.15) is 11.5 Å². The third-order valence-electron chi connectivity index (χ3n) is 7.72. The monoisotopic (exact) mass is 542 g/mol. The Morgan fingerprint density at radius 2 is 1.69 bits per heavy atom. The molecular weight excluding hydrogens is 513 g/mol. The number of hydrogen-bond donors (Lipinski definition) is 1. The van der Waals surface area contributed by atoms with E-state index in [2.05, 4.69) is 5.10 Å². The third-order valence-corrected chi connectivity index (χ3v) is 7.72. The first-order chi connectivity index (χ1) is 18.5. The van der Waals surface area contributed by atoms with Gasteiger partial charge in [-0.3, -0.25) is 9.59 Å². The van der Waals surface area contributed by atoms with Crippen molar-refractivity contribution in [1.82, 2.24) is 9.78 Å². The number of hydrogen-bond acceptors (Lipinski definition) is 6. The Balaban J connectivity index is 1.66. The third kappa shape index (κ3) is 4.81. The summed E-state index contributed by atoms with van der Waals surface area (Å²) in [5.74, 6) is 0.225. The molecule has 2 aliphatic rings. The number of rotatable bonds is 7. The van der Waals surface area contributed by atoms with Crippen LogP contribution >= 0.6 is 0 Å². The first kappa shape index (κ1) is 26.6. The van der Waals surface area contributed by atoms with E-state index in [-0.39, 0.29) is 17.5 Å². The number of carbonyl (C=O) groups is 1. The summed E-state index contributed by atoms with van der Waals surface area (Å²) in [4.78, 5) is 27.0. The summed E-state index contributed by atoms with van der Waals surface area (Å²) in [5, 5.41) is 4.53.